The topological polar surface area (TPSA) is 60.0 Å². The van der Waals surface area contributed by atoms with Crippen molar-refractivity contribution in [3.05, 3.63) is 27.9 Å². The number of aliphatic hydroxyl groups excluding tert-OH is 1. The highest BCUT2D eigenvalue weighted by atomic mass is 35.5. The van der Waals surface area contributed by atoms with E-state index in [0.29, 0.717) is 11.6 Å². The average Bonchev–Trinajstić information content (AvgIpc) is 2.84. The predicted octanol–water partition coefficient (Wildman–Crippen LogP) is 1.47. The van der Waals surface area contributed by atoms with E-state index in [1.54, 1.807) is 28.4 Å². The molecular formula is C12H14ClN3O2. The lowest BCUT2D eigenvalue weighted by Crippen LogP contribution is -2.25. The van der Waals surface area contributed by atoms with Crippen molar-refractivity contribution in [2.45, 2.75) is 31.4 Å². The quantitative estimate of drug-likeness (QED) is 0.796. The first kappa shape index (κ1) is 11.7. The summed E-state index contributed by atoms with van der Waals surface area (Å²) >= 11 is 5.90. The summed E-state index contributed by atoms with van der Waals surface area (Å²) in [6.45, 7) is 0. The van der Waals surface area contributed by atoms with Gasteiger partial charge in [0.2, 0.25) is 0 Å². The zero-order valence-corrected chi connectivity index (χ0v) is 10.8. The maximum Gasteiger partial charge on any atom is 0.329 e. The molecule has 2 atom stereocenters. The van der Waals surface area contributed by atoms with Crippen LogP contribution in [-0.2, 0) is 7.05 Å². The number of pyridine rings is 1. The van der Waals surface area contributed by atoms with Gasteiger partial charge in [-0.1, -0.05) is 11.6 Å². The number of aryl methyl sites for hydroxylation is 1. The van der Waals surface area contributed by atoms with Crippen LogP contribution < -0.4 is 5.69 Å². The highest BCUT2D eigenvalue weighted by molar-refractivity contribution is 6.29. The maximum absolute atomic E-state index is 12.3. The predicted molar refractivity (Wildman–Crippen MR) is 68.9 cm³/mol. The van der Waals surface area contributed by atoms with Crippen LogP contribution in [-0.4, -0.2) is 25.3 Å². The first-order chi connectivity index (χ1) is 8.58. The zero-order valence-electron chi connectivity index (χ0n) is 10.0. The van der Waals surface area contributed by atoms with E-state index in [1.165, 1.54) is 0 Å². The van der Waals surface area contributed by atoms with Crippen LogP contribution in [0.25, 0.3) is 11.0 Å². The van der Waals surface area contributed by atoms with E-state index in [0.717, 1.165) is 23.9 Å². The van der Waals surface area contributed by atoms with Crippen LogP contribution >= 0.6 is 11.6 Å². The minimum Gasteiger partial charge on any atom is -0.393 e. The average molecular weight is 268 g/mol. The number of fused-ring (bicyclic) bond motifs is 1. The van der Waals surface area contributed by atoms with Gasteiger partial charge in [-0.3, -0.25) is 9.13 Å². The van der Waals surface area contributed by atoms with E-state index in [9.17, 15) is 9.90 Å². The normalized spacial score (nSPS) is 23.9. The van der Waals surface area contributed by atoms with Crippen molar-refractivity contribution in [3.63, 3.8) is 0 Å². The van der Waals surface area contributed by atoms with E-state index in [1.807, 2.05) is 0 Å². The molecule has 0 unspecified atom stereocenters. The molecule has 3 rings (SSSR count). The van der Waals surface area contributed by atoms with E-state index in [-0.39, 0.29) is 17.8 Å². The van der Waals surface area contributed by atoms with Crippen LogP contribution in [0, 0.1) is 0 Å². The highest BCUT2D eigenvalue weighted by Gasteiger charge is 2.27. The molecule has 1 aliphatic carbocycles. The summed E-state index contributed by atoms with van der Waals surface area (Å²) in [6, 6.07) is 1.76. The van der Waals surface area contributed by atoms with Crippen LogP contribution in [0.5, 0.6) is 0 Å². The minimum atomic E-state index is -0.311. The Balaban J connectivity index is 2.24. The van der Waals surface area contributed by atoms with E-state index < -0.39 is 0 Å². The van der Waals surface area contributed by atoms with Crippen molar-refractivity contribution in [2.75, 3.05) is 0 Å². The summed E-state index contributed by atoms with van der Waals surface area (Å²) in [6.07, 6.45) is 3.49. The van der Waals surface area contributed by atoms with Gasteiger partial charge in [0.15, 0.2) is 0 Å². The molecule has 0 aliphatic heterocycles. The van der Waals surface area contributed by atoms with Gasteiger partial charge in [0.05, 0.1) is 23.3 Å². The smallest absolute Gasteiger partial charge is 0.329 e. The van der Waals surface area contributed by atoms with Gasteiger partial charge in [0.25, 0.3) is 0 Å². The number of nitrogens with zero attached hydrogens (tertiary/aromatic N) is 3. The molecule has 2 heterocycles. The van der Waals surface area contributed by atoms with Gasteiger partial charge < -0.3 is 5.11 Å². The molecular weight excluding hydrogens is 254 g/mol. The molecule has 2 aromatic heterocycles. The van der Waals surface area contributed by atoms with Gasteiger partial charge in [0.1, 0.15) is 5.15 Å². The summed E-state index contributed by atoms with van der Waals surface area (Å²) in [5.74, 6) is 0. The third kappa shape index (κ3) is 1.66. The van der Waals surface area contributed by atoms with Crippen LogP contribution in [0.15, 0.2) is 17.1 Å². The molecule has 0 spiro atoms. The fraction of sp³-hybridized carbons (Fsp3) is 0.500. The van der Waals surface area contributed by atoms with Crippen LogP contribution in [0.1, 0.15) is 25.3 Å². The Kier molecular flexibility index (Phi) is 2.68. The fourth-order valence-electron chi connectivity index (χ4n) is 2.75. The Morgan fingerprint density at radius 2 is 2.22 bits per heavy atom. The van der Waals surface area contributed by atoms with Gasteiger partial charge >= 0.3 is 5.69 Å². The van der Waals surface area contributed by atoms with E-state index in [2.05, 4.69) is 4.98 Å². The second kappa shape index (κ2) is 4.10. The Bertz CT molecular complexity index is 661. The Morgan fingerprint density at radius 3 is 2.89 bits per heavy atom. The molecule has 0 bridgehead atoms. The molecule has 6 heteroatoms. The number of aliphatic hydroxyl groups is 1. The van der Waals surface area contributed by atoms with Gasteiger partial charge in [-0.05, 0) is 19.3 Å². The summed E-state index contributed by atoms with van der Waals surface area (Å²) in [4.78, 5) is 16.3. The first-order valence-electron chi connectivity index (χ1n) is 5.98. The SMILES string of the molecule is Cn1c(=O)n([C@@H]2CC[C@@H](O)C2)c2cc(Cl)ncc21. The van der Waals surface area contributed by atoms with Gasteiger partial charge in [0, 0.05) is 19.2 Å². The van der Waals surface area contributed by atoms with Crippen molar-refractivity contribution in [3.8, 4) is 0 Å². The third-order valence-electron chi connectivity index (χ3n) is 3.68. The largest absolute Gasteiger partial charge is 0.393 e. The second-order valence-corrected chi connectivity index (χ2v) is 5.22. The Labute approximate surface area is 109 Å². The number of hydrogen-bond acceptors (Lipinski definition) is 3. The monoisotopic (exact) mass is 267 g/mol. The van der Waals surface area contributed by atoms with Gasteiger partial charge in [-0.15, -0.1) is 0 Å². The van der Waals surface area contributed by atoms with Crippen LogP contribution in [0.4, 0.5) is 0 Å². The van der Waals surface area contributed by atoms with Gasteiger partial charge in [-0.25, -0.2) is 9.78 Å². The summed E-state index contributed by atoms with van der Waals surface area (Å²) in [5.41, 5.74) is 1.49. The Morgan fingerprint density at radius 1 is 1.44 bits per heavy atom. The number of halogens is 1. The summed E-state index contributed by atoms with van der Waals surface area (Å²) in [5, 5.41) is 10.0. The van der Waals surface area contributed by atoms with Crippen molar-refractivity contribution < 1.29 is 5.11 Å². The van der Waals surface area contributed by atoms with Crippen LogP contribution in [0.2, 0.25) is 5.15 Å². The molecule has 96 valence electrons. The minimum absolute atomic E-state index is 0.0506. The molecule has 0 amide bonds. The fourth-order valence-corrected chi connectivity index (χ4v) is 2.91. The zero-order chi connectivity index (χ0) is 12.9. The third-order valence-corrected chi connectivity index (χ3v) is 3.89. The van der Waals surface area contributed by atoms with Crippen molar-refractivity contribution in [2.24, 2.45) is 7.05 Å². The van der Waals surface area contributed by atoms with Crippen molar-refractivity contribution in [1.82, 2.24) is 14.1 Å². The maximum atomic E-state index is 12.3. The second-order valence-electron chi connectivity index (χ2n) is 4.83. The molecule has 18 heavy (non-hydrogen) atoms. The Hall–Kier alpha value is -1.33. The lowest BCUT2D eigenvalue weighted by atomic mass is 10.2. The van der Waals surface area contributed by atoms with Crippen molar-refractivity contribution >= 4 is 22.6 Å². The molecule has 2 aromatic rings. The number of aromatic nitrogens is 3. The lowest BCUT2D eigenvalue weighted by Gasteiger charge is -2.11. The molecule has 1 saturated carbocycles. The standard InChI is InChI=1S/C12H14ClN3O2/c1-15-10-6-14-11(13)5-9(10)16(12(15)18)7-2-3-8(17)4-7/h5-8,17H,2-4H2,1H3/t7-,8-/m1/s1. The van der Waals surface area contributed by atoms with E-state index >= 15 is 0 Å². The van der Waals surface area contributed by atoms with E-state index in [4.69, 9.17) is 11.6 Å². The molecule has 0 radical (unpaired) electrons. The molecule has 1 fully saturated rings. The summed E-state index contributed by atoms with van der Waals surface area (Å²) in [7, 11) is 1.72. The summed E-state index contributed by atoms with van der Waals surface area (Å²) < 4.78 is 3.31. The lowest BCUT2D eigenvalue weighted by molar-refractivity contribution is 0.178. The highest BCUT2D eigenvalue weighted by Crippen LogP contribution is 2.31. The number of hydrogen-bond donors (Lipinski definition) is 1. The molecule has 5 nitrogen and oxygen atoms in total. The van der Waals surface area contributed by atoms with Crippen LogP contribution in [0.3, 0.4) is 0 Å². The number of rotatable bonds is 1. The number of imidazole rings is 1. The molecule has 1 N–H and O–H groups in total. The molecule has 0 saturated heterocycles. The molecule has 0 aromatic carbocycles. The molecule has 1 aliphatic rings. The first-order valence-corrected chi connectivity index (χ1v) is 6.36. The van der Waals surface area contributed by atoms with Crippen molar-refractivity contribution in [1.29, 1.82) is 0 Å². The van der Waals surface area contributed by atoms with Gasteiger partial charge in [-0.2, -0.15) is 0 Å².